The summed E-state index contributed by atoms with van der Waals surface area (Å²) in [7, 11) is 0. The van der Waals surface area contributed by atoms with Gasteiger partial charge >= 0.3 is 0 Å². The molecule has 2 aromatic carbocycles. The van der Waals surface area contributed by atoms with Crippen LogP contribution in [0.25, 0.3) is 0 Å². The molecular formula is C16H16N2OS. The molecule has 0 saturated heterocycles. The monoisotopic (exact) mass is 284 g/mol. The molecule has 0 heterocycles. The second-order valence-electron chi connectivity index (χ2n) is 4.61. The second-order valence-corrected chi connectivity index (χ2v) is 5.05. The molecule has 0 fully saturated rings. The molecule has 0 bridgehead atoms. The van der Waals surface area contributed by atoms with Gasteiger partial charge in [-0.3, -0.25) is 4.79 Å². The van der Waals surface area contributed by atoms with Crippen LogP contribution in [0.15, 0.2) is 48.5 Å². The van der Waals surface area contributed by atoms with E-state index in [0.717, 1.165) is 16.7 Å². The van der Waals surface area contributed by atoms with E-state index in [1.165, 1.54) is 0 Å². The smallest absolute Gasteiger partial charge is 0.251 e. The first kappa shape index (κ1) is 14.2. The van der Waals surface area contributed by atoms with E-state index in [1.807, 2.05) is 55.5 Å². The van der Waals surface area contributed by atoms with Crippen molar-refractivity contribution >= 4 is 23.1 Å². The number of benzene rings is 2. The number of amides is 1. The molecule has 0 unspecified atom stereocenters. The van der Waals surface area contributed by atoms with Gasteiger partial charge in [0.1, 0.15) is 4.99 Å². The van der Waals surface area contributed by atoms with Crippen molar-refractivity contribution in [1.82, 2.24) is 5.32 Å². The maximum absolute atomic E-state index is 12.0. The van der Waals surface area contributed by atoms with Crippen molar-refractivity contribution in [2.45, 2.75) is 13.5 Å². The van der Waals surface area contributed by atoms with E-state index in [4.69, 9.17) is 18.0 Å². The molecule has 0 radical (unpaired) electrons. The number of hydrogen-bond donors (Lipinski definition) is 2. The summed E-state index contributed by atoms with van der Waals surface area (Å²) >= 11 is 4.89. The SMILES string of the molecule is Cc1ccc(C(=O)NCc2ccc(C(N)=S)cc2)cc1. The van der Waals surface area contributed by atoms with Gasteiger partial charge in [0.2, 0.25) is 0 Å². The molecule has 1 amide bonds. The van der Waals surface area contributed by atoms with Crippen LogP contribution in [-0.2, 0) is 6.54 Å². The molecule has 102 valence electrons. The Kier molecular flexibility index (Phi) is 4.48. The molecule has 3 N–H and O–H groups in total. The lowest BCUT2D eigenvalue weighted by Gasteiger charge is -2.06. The van der Waals surface area contributed by atoms with E-state index in [2.05, 4.69) is 5.32 Å². The van der Waals surface area contributed by atoms with E-state index in [1.54, 1.807) is 0 Å². The van der Waals surface area contributed by atoms with Gasteiger partial charge < -0.3 is 11.1 Å². The molecular weight excluding hydrogens is 268 g/mol. The van der Waals surface area contributed by atoms with Crippen molar-refractivity contribution in [2.24, 2.45) is 5.73 Å². The van der Waals surface area contributed by atoms with Crippen molar-refractivity contribution in [2.75, 3.05) is 0 Å². The van der Waals surface area contributed by atoms with Crippen LogP contribution in [0.4, 0.5) is 0 Å². The second kappa shape index (κ2) is 6.30. The summed E-state index contributed by atoms with van der Waals surface area (Å²) in [4.78, 5) is 12.3. The summed E-state index contributed by atoms with van der Waals surface area (Å²) in [6.07, 6.45) is 0. The topological polar surface area (TPSA) is 55.1 Å². The molecule has 0 aliphatic heterocycles. The van der Waals surface area contributed by atoms with Gasteiger partial charge in [0, 0.05) is 17.7 Å². The maximum atomic E-state index is 12.0. The molecule has 4 heteroatoms. The number of aryl methyl sites for hydroxylation is 1. The fourth-order valence-electron chi connectivity index (χ4n) is 1.78. The molecule has 0 aromatic heterocycles. The zero-order valence-electron chi connectivity index (χ0n) is 11.2. The minimum atomic E-state index is -0.0802. The highest BCUT2D eigenvalue weighted by Gasteiger charge is 2.04. The number of thiocarbonyl (C=S) groups is 1. The first-order chi connectivity index (χ1) is 9.56. The van der Waals surface area contributed by atoms with Crippen molar-refractivity contribution in [1.29, 1.82) is 0 Å². The summed E-state index contributed by atoms with van der Waals surface area (Å²) in [6, 6.07) is 15.0. The Labute approximate surface area is 123 Å². The summed E-state index contributed by atoms with van der Waals surface area (Å²) in [5.74, 6) is -0.0802. The molecule has 0 atom stereocenters. The van der Waals surface area contributed by atoms with E-state index in [0.29, 0.717) is 17.1 Å². The first-order valence-electron chi connectivity index (χ1n) is 6.30. The molecule has 2 aromatic rings. The van der Waals surface area contributed by atoms with E-state index < -0.39 is 0 Å². The van der Waals surface area contributed by atoms with Gasteiger partial charge in [-0.25, -0.2) is 0 Å². The van der Waals surface area contributed by atoms with Crippen molar-refractivity contribution in [3.05, 3.63) is 70.8 Å². The number of carbonyl (C=O) groups is 1. The lowest BCUT2D eigenvalue weighted by atomic mass is 10.1. The third-order valence-electron chi connectivity index (χ3n) is 3.01. The number of rotatable bonds is 4. The molecule has 0 spiro atoms. The van der Waals surface area contributed by atoms with Crippen LogP contribution >= 0.6 is 12.2 Å². The standard InChI is InChI=1S/C16H16N2OS/c1-11-2-6-14(7-3-11)16(19)18-10-12-4-8-13(9-5-12)15(17)20/h2-9H,10H2,1H3,(H2,17,20)(H,18,19). The van der Waals surface area contributed by atoms with Gasteiger partial charge in [0.05, 0.1) is 0 Å². The fraction of sp³-hybridized carbons (Fsp3) is 0.125. The van der Waals surface area contributed by atoms with E-state index in [9.17, 15) is 4.79 Å². The van der Waals surface area contributed by atoms with Gasteiger partial charge in [-0.05, 0) is 24.6 Å². The molecule has 20 heavy (non-hydrogen) atoms. The Bertz CT molecular complexity index is 618. The third kappa shape index (κ3) is 3.65. The number of nitrogens with one attached hydrogen (secondary N) is 1. The zero-order chi connectivity index (χ0) is 14.5. The molecule has 0 saturated carbocycles. The van der Waals surface area contributed by atoms with Crippen molar-refractivity contribution < 1.29 is 4.79 Å². The molecule has 0 aliphatic carbocycles. The molecule has 0 aliphatic rings. The van der Waals surface area contributed by atoms with Crippen LogP contribution in [0.2, 0.25) is 0 Å². The van der Waals surface area contributed by atoms with Crippen LogP contribution in [0.5, 0.6) is 0 Å². The predicted molar refractivity (Wildman–Crippen MR) is 84.7 cm³/mol. The highest BCUT2D eigenvalue weighted by molar-refractivity contribution is 7.80. The number of nitrogens with two attached hydrogens (primary N) is 1. The van der Waals surface area contributed by atoms with Gasteiger partial charge in [-0.15, -0.1) is 0 Å². The summed E-state index contributed by atoms with van der Waals surface area (Å²) in [5, 5.41) is 2.88. The predicted octanol–water partition coefficient (Wildman–Crippen LogP) is 2.56. The lowest BCUT2D eigenvalue weighted by molar-refractivity contribution is 0.0951. The Hall–Kier alpha value is -2.20. The number of carbonyl (C=O) groups excluding carboxylic acids is 1. The van der Waals surface area contributed by atoms with Gasteiger partial charge in [-0.2, -0.15) is 0 Å². The van der Waals surface area contributed by atoms with Crippen LogP contribution < -0.4 is 11.1 Å². The third-order valence-corrected chi connectivity index (χ3v) is 3.24. The van der Waals surface area contributed by atoms with Crippen LogP contribution in [0.3, 0.4) is 0 Å². The Morgan fingerprint density at radius 1 is 1.05 bits per heavy atom. The van der Waals surface area contributed by atoms with Gasteiger partial charge in [0.15, 0.2) is 0 Å². The van der Waals surface area contributed by atoms with E-state index in [-0.39, 0.29) is 5.91 Å². The highest BCUT2D eigenvalue weighted by atomic mass is 32.1. The Morgan fingerprint density at radius 3 is 2.15 bits per heavy atom. The summed E-state index contributed by atoms with van der Waals surface area (Å²) < 4.78 is 0. The quantitative estimate of drug-likeness (QED) is 0.848. The lowest BCUT2D eigenvalue weighted by Crippen LogP contribution is -2.22. The average Bonchev–Trinajstić information content (AvgIpc) is 2.46. The minimum absolute atomic E-state index is 0.0802. The van der Waals surface area contributed by atoms with Crippen LogP contribution in [0, 0.1) is 6.92 Å². The molecule has 3 nitrogen and oxygen atoms in total. The van der Waals surface area contributed by atoms with Crippen LogP contribution in [-0.4, -0.2) is 10.9 Å². The van der Waals surface area contributed by atoms with Crippen molar-refractivity contribution in [3.8, 4) is 0 Å². The average molecular weight is 284 g/mol. The van der Waals surface area contributed by atoms with E-state index >= 15 is 0 Å². The molecule has 2 rings (SSSR count). The highest BCUT2D eigenvalue weighted by Crippen LogP contribution is 2.06. The minimum Gasteiger partial charge on any atom is -0.389 e. The zero-order valence-corrected chi connectivity index (χ0v) is 12.0. The van der Waals surface area contributed by atoms with Crippen LogP contribution in [0.1, 0.15) is 27.0 Å². The normalized spacial score (nSPS) is 10.1. The maximum Gasteiger partial charge on any atom is 0.251 e. The number of hydrogen-bond acceptors (Lipinski definition) is 2. The summed E-state index contributed by atoms with van der Waals surface area (Å²) in [5.41, 5.74) is 9.16. The largest absolute Gasteiger partial charge is 0.389 e. The van der Waals surface area contributed by atoms with Gasteiger partial charge in [0.25, 0.3) is 5.91 Å². The van der Waals surface area contributed by atoms with Crippen molar-refractivity contribution in [3.63, 3.8) is 0 Å². The fourth-order valence-corrected chi connectivity index (χ4v) is 1.91. The Balaban J connectivity index is 1.96. The Morgan fingerprint density at radius 2 is 1.60 bits per heavy atom. The summed E-state index contributed by atoms with van der Waals surface area (Å²) in [6.45, 7) is 2.47. The van der Waals surface area contributed by atoms with Gasteiger partial charge in [-0.1, -0.05) is 54.2 Å². The first-order valence-corrected chi connectivity index (χ1v) is 6.71.